The number of rotatable bonds is 9. The molecule has 5 nitrogen and oxygen atoms in total. The number of aliphatic carboxylic acids is 1. The Labute approximate surface area is 221 Å². The van der Waals surface area contributed by atoms with E-state index in [0.717, 1.165) is 16.7 Å². The van der Waals surface area contributed by atoms with E-state index in [9.17, 15) is 14.7 Å². The first-order valence-electron chi connectivity index (χ1n) is 12.3. The summed E-state index contributed by atoms with van der Waals surface area (Å²) >= 11 is 0. The number of carbonyl (C=O) groups is 1. The fourth-order valence-electron chi connectivity index (χ4n) is 4.06. The third-order valence-corrected chi connectivity index (χ3v) is 6.17. The molecule has 0 amide bonds. The van der Waals surface area contributed by atoms with Crippen molar-refractivity contribution in [3.05, 3.63) is 118 Å². The van der Waals surface area contributed by atoms with Crippen molar-refractivity contribution in [2.75, 3.05) is 0 Å². The van der Waals surface area contributed by atoms with Crippen molar-refractivity contribution in [3.63, 3.8) is 0 Å². The maximum atomic E-state index is 12.8. The summed E-state index contributed by atoms with van der Waals surface area (Å²) < 4.78 is 11.9. The molecule has 0 fully saturated rings. The van der Waals surface area contributed by atoms with Gasteiger partial charge in [0.15, 0.2) is 22.9 Å². The van der Waals surface area contributed by atoms with Gasteiger partial charge in [-0.25, -0.2) is 4.79 Å². The van der Waals surface area contributed by atoms with Crippen molar-refractivity contribution in [2.45, 2.75) is 32.8 Å². The van der Waals surface area contributed by atoms with E-state index in [0.29, 0.717) is 12.0 Å². The van der Waals surface area contributed by atoms with E-state index in [1.165, 1.54) is 11.6 Å². The highest BCUT2D eigenvalue weighted by atomic mass is 16.5. The summed E-state index contributed by atoms with van der Waals surface area (Å²) in [6.07, 6.45) is 10.4. The predicted octanol–water partition coefficient (Wildman–Crippen LogP) is 6.83. The minimum atomic E-state index is -1.14. The Balaban J connectivity index is 1.56. The van der Waals surface area contributed by atoms with E-state index in [1.807, 2.05) is 31.2 Å². The Kier molecular flexibility index (Phi) is 8.25. The number of ether oxygens (including phenoxy) is 1. The summed E-state index contributed by atoms with van der Waals surface area (Å²) in [6, 6.07) is 22.5. The van der Waals surface area contributed by atoms with Crippen LogP contribution in [0.2, 0.25) is 0 Å². The Morgan fingerprint density at radius 3 is 2.39 bits per heavy atom. The zero-order valence-corrected chi connectivity index (χ0v) is 21.3. The van der Waals surface area contributed by atoms with E-state index < -0.39 is 12.1 Å². The number of benzene rings is 3. The number of para-hydroxylation sites is 1. The molecule has 5 heteroatoms. The van der Waals surface area contributed by atoms with Gasteiger partial charge in [0.25, 0.3) is 0 Å². The lowest BCUT2D eigenvalue weighted by molar-refractivity contribution is -0.145. The fraction of sp³-hybridized carbons (Fsp3) is 0.152. The highest BCUT2D eigenvalue weighted by molar-refractivity contribution is 5.86. The molecule has 1 aromatic heterocycles. The monoisotopic (exact) mass is 504 g/mol. The zero-order chi connectivity index (χ0) is 27.1. The Morgan fingerprint density at radius 2 is 1.76 bits per heavy atom. The second-order valence-electron chi connectivity index (χ2n) is 8.90. The molecule has 1 atom stereocenters. The zero-order valence-electron chi connectivity index (χ0n) is 21.3. The van der Waals surface area contributed by atoms with Crippen molar-refractivity contribution < 1.29 is 19.1 Å². The van der Waals surface area contributed by atoms with Crippen molar-refractivity contribution in [2.24, 2.45) is 0 Å². The van der Waals surface area contributed by atoms with Gasteiger partial charge in [0, 0.05) is 6.07 Å². The van der Waals surface area contributed by atoms with Gasteiger partial charge in [0.2, 0.25) is 0 Å². The molecule has 0 saturated heterocycles. The number of carboxylic acids is 1. The molecule has 1 N–H and O–H groups in total. The third kappa shape index (κ3) is 6.11. The first-order chi connectivity index (χ1) is 18.4. The highest BCUT2D eigenvalue weighted by Crippen LogP contribution is 2.28. The van der Waals surface area contributed by atoms with Crippen LogP contribution in [0.25, 0.3) is 27.7 Å². The molecule has 190 valence electrons. The molecular weight excluding hydrogens is 476 g/mol. The van der Waals surface area contributed by atoms with Gasteiger partial charge in [-0.1, -0.05) is 78.2 Å². The standard InChI is InChI=1S/C33H28O5/c1-4-6-8-24(5-2)31-21-28(34)27-9-7-10-29(32(27)38-31)37-30(33(35)36)20-15-23-13-18-26(19-14-23)25-16-11-22(3)12-17-25/h2,4,6-14,16-19,21,30H,15,20H2,1,3H3,(H,35,36)/b6-4-,24-8+. The third-order valence-electron chi connectivity index (χ3n) is 6.17. The van der Waals surface area contributed by atoms with Gasteiger partial charge >= 0.3 is 5.97 Å². The van der Waals surface area contributed by atoms with Crippen LogP contribution in [-0.4, -0.2) is 17.2 Å². The van der Waals surface area contributed by atoms with E-state index in [2.05, 4.69) is 37.1 Å². The van der Waals surface area contributed by atoms with Gasteiger partial charge in [0.1, 0.15) is 5.76 Å². The number of hydrogen-bond acceptors (Lipinski definition) is 4. The molecule has 4 aromatic rings. The summed E-state index contributed by atoms with van der Waals surface area (Å²) in [7, 11) is 0. The molecular formula is C33H28O5. The molecule has 38 heavy (non-hydrogen) atoms. The average molecular weight is 505 g/mol. The summed E-state index contributed by atoms with van der Waals surface area (Å²) in [6.45, 7) is 3.90. The van der Waals surface area contributed by atoms with Gasteiger partial charge in [-0.05, 0) is 61.6 Å². The maximum Gasteiger partial charge on any atom is 0.344 e. The number of terminal acetylenes is 1. The second kappa shape index (κ2) is 11.9. The predicted molar refractivity (Wildman–Crippen MR) is 151 cm³/mol. The van der Waals surface area contributed by atoms with E-state index in [-0.39, 0.29) is 34.3 Å². The molecule has 1 unspecified atom stereocenters. The quantitative estimate of drug-likeness (QED) is 0.200. The highest BCUT2D eigenvalue weighted by Gasteiger charge is 2.22. The largest absolute Gasteiger partial charge is 0.479 e. The van der Waals surface area contributed by atoms with Gasteiger partial charge in [-0.2, -0.15) is 0 Å². The van der Waals surface area contributed by atoms with Crippen molar-refractivity contribution >= 4 is 22.5 Å². The number of fused-ring (bicyclic) bond motifs is 1. The summed E-state index contributed by atoms with van der Waals surface area (Å²) in [5.41, 5.74) is 4.67. The molecule has 4 rings (SSSR count). The van der Waals surface area contributed by atoms with E-state index in [4.69, 9.17) is 15.6 Å². The lowest BCUT2D eigenvalue weighted by Crippen LogP contribution is -2.27. The van der Waals surface area contributed by atoms with Crippen LogP contribution in [0, 0.1) is 19.3 Å². The number of allylic oxidation sites excluding steroid dienone is 4. The van der Waals surface area contributed by atoms with Crippen LogP contribution in [-0.2, 0) is 11.2 Å². The van der Waals surface area contributed by atoms with Crippen LogP contribution in [0.1, 0.15) is 30.2 Å². The van der Waals surface area contributed by atoms with Crippen LogP contribution < -0.4 is 10.2 Å². The van der Waals surface area contributed by atoms with Gasteiger partial charge in [0.05, 0.1) is 11.0 Å². The molecule has 3 aromatic carbocycles. The smallest absolute Gasteiger partial charge is 0.344 e. The molecule has 0 radical (unpaired) electrons. The molecule has 0 spiro atoms. The van der Waals surface area contributed by atoms with Crippen LogP contribution >= 0.6 is 0 Å². The summed E-state index contributed by atoms with van der Waals surface area (Å²) in [5, 5.41) is 10.2. The van der Waals surface area contributed by atoms with Crippen molar-refractivity contribution in [1.29, 1.82) is 0 Å². The average Bonchev–Trinajstić information content (AvgIpc) is 2.92. The second-order valence-corrected chi connectivity index (χ2v) is 8.90. The Bertz CT molecular complexity index is 1600. The molecule has 0 saturated carbocycles. The van der Waals surface area contributed by atoms with Gasteiger partial charge in [-0.3, -0.25) is 4.79 Å². The van der Waals surface area contributed by atoms with Gasteiger partial charge in [-0.15, -0.1) is 6.42 Å². The van der Waals surface area contributed by atoms with Crippen LogP contribution in [0.5, 0.6) is 5.75 Å². The normalized spacial score (nSPS) is 12.4. The number of carboxylic acid groups (broad SMARTS) is 1. The van der Waals surface area contributed by atoms with Crippen molar-refractivity contribution in [3.8, 4) is 29.2 Å². The summed E-state index contributed by atoms with van der Waals surface area (Å²) in [5.74, 6) is 1.80. The molecule has 0 aliphatic heterocycles. The van der Waals surface area contributed by atoms with Crippen LogP contribution in [0.4, 0.5) is 0 Å². The van der Waals surface area contributed by atoms with E-state index >= 15 is 0 Å². The number of aryl methyl sites for hydroxylation is 2. The maximum absolute atomic E-state index is 12.8. The van der Waals surface area contributed by atoms with Crippen LogP contribution in [0.3, 0.4) is 0 Å². The molecule has 0 bridgehead atoms. The minimum absolute atomic E-state index is 0.158. The lowest BCUT2D eigenvalue weighted by Gasteiger charge is -2.16. The molecule has 1 heterocycles. The Morgan fingerprint density at radius 1 is 1.08 bits per heavy atom. The van der Waals surface area contributed by atoms with Crippen LogP contribution in [0.15, 0.2) is 100 Å². The minimum Gasteiger partial charge on any atom is -0.479 e. The lowest BCUT2D eigenvalue weighted by atomic mass is 10.0. The van der Waals surface area contributed by atoms with Gasteiger partial charge < -0.3 is 14.3 Å². The summed E-state index contributed by atoms with van der Waals surface area (Å²) in [4.78, 5) is 24.9. The SMILES string of the molecule is C#C/C(=C\C=C/C)c1cc(=O)c2cccc(OC(CCc3ccc(-c4ccc(C)cc4)cc3)C(=O)O)c2o1. The van der Waals surface area contributed by atoms with Crippen molar-refractivity contribution in [1.82, 2.24) is 0 Å². The van der Waals surface area contributed by atoms with E-state index in [1.54, 1.807) is 36.4 Å². The topological polar surface area (TPSA) is 76.7 Å². The fourth-order valence-corrected chi connectivity index (χ4v) is 4.06. The first-order valence-corrected chi connectivity index (χ1v) is 12.3. The number of hydrogen-bond donors (Lipinski definition) is 1. The molecule has 0 aliphatic carbocycles. The first kappa shape index (κ1) is 26.2. The molecule has 0 aliphatic rings. The Hall–Kier alpha value is -4.82.